The molecule has 0 bridgehead atoms. The Bertz CT molecular complexity index is 885. The number of nitrogens with one attached hydrogen (secondary N) is 1. The molecule has 1 heterocycles. The Morgan fingerprint density at radius 1 is 1.23 bits per heavy atom. The number of imide groups is 1. The van der Waals surface area contributed by atoms with Crippen molar-refractivity contribution < 1.29 is 22.7 Å². The Morgan fingerprint density at radius 3 is 2.67 bits per heavy atom. The van der Waals surface area contributed by atoms with E-state index in [4.69, 9.17) is 16.3 Å². The fraction of sp³-hybridized carbons (Fsp3) is 0.619. The predicted molar refractivity (Wildman–Crippen MR) is 116 cm³/mol. The van der Waals surface area contributed by atoms with Crippen molar-refractivity contribution in [2.24, 2.45) is 5.92 Å². The smallest absolute Gasteiger partial charge is 0.324 e. The third-order valence-corrected chi connectivity index (χ3v) is 7.68. The van der Waals surface area contributed by atoms with Gasteiger partial charge in [-0.15, -0.1) is 0 Å². The molecule has 166 valence electrons. The number of carbonyl (C=O) groups excluding carboxylic acids is 2. The number of rotatable bonds is 12. The summed E-state index contributed by atoms with van der Waals surface area (Å²) >= 11 is 6.21. The monoisotopic (exact) mass is 456 g/mol. The first-order chi connectivity index (χ1) is 14.2. The molecule has 2 aliphatic rings. The molecule has 3 amide bonds. The van der Waals surface area contributed by atoms with Crippen molar-refractivity contribution in [2.45, 2.75) is 44.9 Å². The maximum absolute atomic E-state index is 12.5. The summed E-state index contributed by atoms with van der Waals surface area (Å²) in [6.07, 6.45) is 4.27. The van der Waals surface area contributed by atoms with Gasteiger partial charge in [-0.1, -0.05) is 31.0 Å². The molecule has 3 rings (SSSR count). The molecule has 9 heteroatoms. The maximum Gasteiger partial charge on any atom is 0.324 e. The Labute approximate surface area is 183 Å². The lowest BCUT2D eigenvalue weighted by Gasteiger charge is -2.15. The van der Waals surface area contributed by atoms with Gasteiger partial charge in [0.1, 0.15) is 12.3 Å². The molecule has 7 nitrogen and oxygen atoms in total. The van der Waals surface area contributed by atoms with E-state index in [9.17, 15) is 18.0 Å². The third kappa shape index (κ3) is 6.87. The van der Waals surface area contributed by atoms with Crippen molar-refractivity contribution in [3.8, 4) is 5.75 Å². The number of carbonyl (C=O) groups is 2. The average Bonchev–Trinajstić information content (AvgIpc) is 3.44. The van der Waals surface area contributed by atoms with Crippen molar-refractivity contribution in [2.75, 3.05) is 31.2 Å². The number of ether oxygens (including phenoxy) is 1. The van der Waals surface area contributed by atoms with Crippen molar-refractivity contribution >= 4 is 33.4 Å². The first kappa shape index (κ1) is 22.9. The minimum Gasteiger partial charge on any atom is -0.492 e. The lowest BCUT2D eigenvalue weighted by Crippen LogP contribution is -2.29. The molecular weight excluding hydrogens is 428 g/mol. The first-order valence-electron chi connectivity index (χ1n) is 10.4. The molecule has 1 atom stereocenters. The molecule has 1 saturated carbocycles. The molecule has 0 aromatic heterocycles. The summed E-state index contributed by atoms with van der Waals surface area (Å²) in [6.45, 7) is 3.10. The molecule has 2 fully saturated rings. The van der Waals surface area contributed by atoms with Gasteiger partial charge in [0.15, 0.2) is 9.84 Å². The SMILES string of the molecule is C[C@H](CS(=O)(=O)CCCCCN1CC(=O)NC1=O)c1ccc(Cl)c(OCC2CC2)c1. The quantitative estimate of drug-likeness (QED) is 0.384. The number of sulfone groups is 1. The highest BCUT2D eigenvalue weighted by Crippen LogP contribution is 2.33. The molecule has 1 saturated heterocycles. The van der Waals surface area contributed by atoms with Gasteiger partial charge in [-0.25, -0.2) is 13.2 Å². The van der Waals surface area contributed by atoms with Crippen molar-refractivity contribution in [3.63, 3.8) is 0 Å². The number of urea groups is 1. The molecule has 1 N–H and O–H groups in total. The van der Waals surface area contributed by atoms with E-state index in [2.05, 4.69) is 5.32 Å². The van der Waals surface area contributed by atoms with E-state index in [1.807, 2.05) is 19.1 Å². The molecular formula is C21H29ClN2O5S. The van der Waals surface area contributed by atoms with E-state index in [1.54, 1.807) is 6.07 Å². The van der Waals surface area contributed by atoms with E-state index < -0.39 is 9.84 Å². The molecule has 1 aromatic rings. The van der Waals surface area contributed by atoms with E-state index >= 15 is 0 Å². The second-order valence-electron chi connectivity index (χ2n) is 8.30. The van der Waals surface area contributed by atoms with Gasteiger partial charge in [0, 0.05) is 6.54 Å². The van der Waals surface area contributed by atoms with Gasteiger partial charge >= 0.3 is 6.03 Å². The number of benzene rings is 1. The number of hydrogen-bond donors (Lipinski definition) is 1. The summed E-state index contributed by atoms with van der Waals surface area (Å²) in [5.74, 6) is 0.966. The average molecular weight is 457 g/mol. The first-order valence-corrected chi connectivity index (χ1v) is 12.6. The molecule has 1 aromatic carbocycles. The van der Waals surface area contributed by atoms with Crippen LogP contribution in [0.25, 0.3) is 0 Å². The number of hydrogen-bond acceptors (Lipinski definition) is 5. The summed E-state index contributed by atoms with van der Waals surface area (Å²) in [7, 11) is -3.21. The van der Waals surface area contributed by atoms with Crippen LogP contribution >= 0.6 is 11.6 Å². The molecule has 0 unspecified atom stereocenters. The number of amides is 3. The molecule has 0 spiro atoms. The van der Waals surface area contributed by atoms with Gasteiger partial charge in [-0.3, -0.25) is 10.1 Å². The lowest BCUT2D eigenvalue weighted by molar-refractivity contribution is -0.118. The highest BCUT2D eigenvalue weighted by atomic mass is 35.5. The zero-order valence-electron chi connectivity index (χ0n) is 17.2. The van der Waals surface area contributed by atoms with Gasteiger partial charge in [-0.2, -0.15) is 0 Å². The van der Waals surface area contributed by atoms with Crippen LogP contribution in [-0.2, 0) is 14.6 Å². The normalized spacial score (nSPS) is 17.9. The van der Waals surface area contributed by atoms with Crippen molar-refractivity contribution in [1.82, 2.24) is 10.2 Å². The summed E-state index contributed by atoms with van der Waals surface area (Å²) in [4.78, 5) is 24.1. The van der Waals surface area contributed by atoms with Gasteiger partial charge in [0.05, 0.1) is 23.1 Å². The standard InChI is InChI=1S/C21H29ClN2O5S/c1-15(17-7-8-18(22)19(11-17)29-13-16-5-6-16)14-30(27,28)10-4-2-3-9-24-12-20(25)23-21(24)26/h7-8,11,15-16H,2-6,9-10,12-14H2,1H3,(H,23,25,26)/t15-/m1/s1. The van der Waals surface area contributed by atoms with Crippen molar-refractivity contribution in [3.05, 3.63) is 28.8 Å². The second kappa shape index (κ2) is 10.0. The highest BCUT2D eigenvalue weighted by Gasteiger charge is 2.26. The fourth-order valence-corrected chi connectivity index (χ4v) is 5.39. The largest absolute Gasteiger partial charge is 0.492 e. The minimum absolute atomic E-state index is 0.0692. The molecule has 30 heavy (non-hydrogen) atoms. The topological polar surface area (TPSA) is 92.8 Å². The Morgan fingerprint density at radius 2 is 2.00 bits per heavy atom. The zero-order valence-corrected chi connectivity index (χ0v) is 18.8. The maximum atomic E-state index is 12.5. The van der Waals surface area contributed by atoms with Crippen LogP contribution in [0.4, 0.5) is 4.79 Å². The van der Waals surface area contributed by atoms with Crippen molar-refractivity contribution in [1.29, 1.82) is 0 Å². The Kier molecular flexibility index (Phi) is 7.63. The van der Waals surface area contributed by atoms with Gasteiger partial charge in [0.2, 0.25) is 5.91 Å². The van der Waals surface area contributed by atoms with Crippen LogP contribution in [0.5, 0.6) is 5.75 Å². The van der Waals surface area contributed by atoms with E-state index in [1.165, 1.54) is 17.7 Å². The van der Waals surface area contributed by atoms with E-state index in [-0.39, 0.29) is 35.9 Å². The van der Waals surface area contributed by atoms with Gasteiger partial charge in [0.25, 0.3) is 0 Å². The Balaban J connectivity index is 1.42. The number of halogens is 1. The molecule has 1 aliphatic carbocycles. The summed E-state index contributed by atoms with van der Waals surface area (Å²) in [5.41, 5.74) is 0.901. The minimum atomic E-state index is -3.21. The molecule has 0 radical (unpaired) electrons. The van der Waals surface area contributed by atoms with Gasteiger partial charge in [-0.05, 0) is 55.2 Å². The van der Waals surface area contributed by atoms with E-state index in [0.29, 0.717) is 49.1 Å². The second-order valence-corrected chi connectivity index (χ2v) is 10.9. The summed E-state index contributed by atoms with van der Waals surface area (Å²) in [6, 6.07) is 5.11. The third-order valence-electron chi connectivity index (χ3n) is 5.45. The van der Waals surface area contributed by atoms with Crippen LogP contribution < -0.4 is 10.1 Å². The van der Waals surface area contributed by atoms with Crippen LogP contribution in [0.1, 0.15) is 50.5 Å². The van der Waals surface area contributed by atoms with Crippen LogP contribution in [0, 0.1) is 5.92 Å². The highest BCUT2D eigenvalue weighted by molar-refractivity contribution is 7.91. The Hall–Kier alpha value is -1.80. The van der Waals surface area contributed by atoms with Crippen LogP contribution in [0.15, 0.2) is 18.2 Å². The van der Waals surface area contributed by atoms with Gasteiger partial charge < -0.3 is 9.64 Å². The summed E-state index contributed by atoms with van der Waals surface area (Å²) < 4.78 is 30.8. The predicted octanol–water partition coefficient (Wildman–Crippen LogP) is 3.37. The lowest BCUT2D eigenvalue weighted by atomic mass is 10.0. The summed E-state index contributed by atoms with van der Waals surface area (Å²) in [5, 5.41) is 2.77. The van der Waals surface area contributed by atoms with Crippen LogP contribution in [-0.4, -0.2) is 56.5 Å². The zero-order chi connectivity index (χ0) is 21.7. The number of nitrogens with zero attached hydrogens (tertiary/aromatic N) is 1. The van der Waals surface area contributed by atoms with E-state index in [0.717, 1.165) is 5.56 Å². The molecule has 1 aliphatic heterocycles. The number of unbranched alkanes of at least 4 members (excludes halogenated alkanes) is 2. The fourth-order valence-electron chi connectivity index (χ4n) is 3.45. The van der Waals surface area contributed by atoms with Crippen LogP contribution in [0.3, 0.4) is 0 Å². The van der Waals surface area contributed by atoms with Crippen LogP contribution in [0.2, 0.25) is 5.02 Å².